The average molecular weight is 411 g/mol. The summed E-state index contributed by atoms with van der Waals surface area (Å²) in [5, 5.41) is 3.05. The summed E-state index contributed by atoms with van der Waals surface area (Å²) in [5.74, 6) is -1.23. The van der Waals surface area contributed by atoms with E-state index in [0.717, 1.165) is 5.56 Å². The van der Waals surface area contributed by atoms with Gasteiger partial charge in [0.05, 0.1) is 16.6 Å². The van der Waals surface area contributed by atoms with Gasteiger partial charge >= 0.3 is 12.1 Å². The summed E-state index contributed by atoms with van der Waals surface area (Å²) >= 11 is 6.07. The van der Waals surface area contributed by atoms with E-state index in [1.165, 1.54) is 0 Å². The maximum absolute atomic E-state index is 12.2. The van der Waals surface area contributed by atoms with Gasteiger partial charge in [-0.1, -0.05) is 17.7 Å². The molecule has 1 aromatic rings. The summed E-state index contributed by atoms with van der Waals surface area (Å²) in [6.45, 7) is 7.78. The number of amides is 2. The maximum atomic E-state index is 12.2. The van der Waals surface area contributed by atoms with Crippen LogP contribution in [0.25, 0.3) is 0 Å². The van der Waals surface area contributed by atoms with Gasteiger partial charge in [-0.2, -0.15) is 0 Å². The van der Waals surface area contributed by atoms with Crippen LogP contribution in [0.1, 0.15) is 39.2 Å². The summed E-state index contributed by atoms with van der Waals surface area (Å²) in [6.07, 6.45) is 0.571. The first kappa shape index (κ1) is 22.0. The van der Waals surface area contributed by atoms with Crippen molar-refractivity contribution in [3.63, 3.8) is 0 Å². The van der Waals surface area contributed by atoms with Crippen LogP contribution in [0, 0.1) is 12.8 Å². The third kappa shape index (κ3) is 6.71. The van der Waals surface area contributed by atoms with E-state index < -0.39 is 17.5 Å². The Kier molecular flexibility index (Phi) is 7.29. The molecule has 1 saturated heterocycles. The second-order valence-electron chi connectivity index (χ2n) is 7.88. The monoisotopic (exact) mass is 410 g/mol. The van der Waals surface area contributed by atoms with Gasteiger partial charge in [0.25, 0.3) is 5.91 Å². The van der Waals surface area contributed by atoms with E-state index in [4.69, 9.17) is 21.1 Å². The fraction of sp³-hybridized carbons (Fsp3) is 0.550. The Balaban J connectivity index is 1.75. The molecule has 0 spiro atoms. The third-order valence-electron chi connectivity index (χ3n) is 4.22. The average Bonchev–Trinajstić information content (AvgIpc) is 2.61. The molecule has 2 rings (SSSR count). The Morgan fingerprint density at radius 3 is 2.43 bits per heavy atom. The number of hydrogen-bond donors (Lipinski definition) is 1. The van der Waals surface area contributed by atoms with E-state index in [0.29, 0.717) is 36.6 Å². The molecule has 0 unspecified atom stereocenters. The lowest BCUT2D eigenvalue weighted by molar-refractivity contribution is -0.153. The van der Waals surface area contributed by atoms with Gasteiger partial charge in [0.2, 0.25) is 0 Å². The Labute approximate surface area is 170 Å². The number of rotatable bonds is 4. The topological polar surface area (TPSA) is 84.9 Å². The molecular weight excluding hydrogens is 384 g/mol. The molecule has 1 fully saturated rings. The van der Waals surface area contributed by atoms with Gasteiger partial charge in [-0.15, -0.1) is 0 Å². The number of aryl methyl sites for hydroxylation is 1. The molecule has 0 aliphatic carbocycles. The van der Waals surface area contributed by atoms with Crippen LogP contribution in [0.4, 0.5) is 10.5 Å². The quantitative estimate of drug-likeness (QED) is 0.763. The molecule has 0 saturated carbocycles. The number of anilines is 1. The van der Waals surface area contributed by atoms with Crippen molar-refractivity contribution in [1.29, 1.82) is 0 Å². The van der Waals surface area contributed by atoms with Crippen molar-refractivity contribution in [1.82, 2.24) is 4.90 Å². The van der Waals surface area contributed by atoms with Gasteiger partial charge in [0.1, 0.15) is 5.60 Å². The standard InChI is InChI=1S/C20H27ClN2O5/c1-13-5-6-16(15(21)11-13)22-17(24)12-27-18(25)14-7-9-23(10-8-14)19(26)28-20(2,3)4/h5-6,11,14H,7-10,12H2,1-4H3,(H,22,24). The zero-order valence-electron chi connectivity index (χ0n) is 16.7. The van der Waals surface area contributed by atoms with E-state index >= 15 is 0 Å². The second kappa shape index (κ2) is 9.28. The number of piperidine rings is 1. The SMILES string of the molecule is Cc1ccc(NC(=O)COC(=O)C2CCN(C(=O)OC(C)(C)C)CC2)c(Cl)c1. The molecule has 1 heterocycles. The Morgan fingerprint density at radius 1 is 1.21 bits per heavy atom. The third-order valence-corrected chi connectivity index (χ3v) is 4.54. The molecule has 0 bridgehead atoms. The number of likely N-dealkylation sites (tertiary alicyclic amines) is 1. The predicted molar refractivity (Wildman–Crippen MR) is 106 cm³/mol. The molecule has 1 aliphatic heterocycles. The molecule has 154 valence electrons. The first-order chi connectivity index (χ1) is 13.0. The van der Waals surface area contributed by atoms with Crippen molar-refractivity contribution in [2.45, 2.75) is 46.1 Å². The van der Waals surface area contributed by atoms with Gasteiger partial charge in [0.15, 0.2) is 6.61 Å². The molecule has 8 heteroatoms. The first-order valence-corrected chi connectivity index (χ1v) is 9.63. The minimum absolute atomic E-state index is 0.338. The zero-order chi connectivity index (χ0) is 20.9. The van der Waals surface area contributed by atoms with Crippen LogP contribution < -0.4 is 5.32 Å². The first-order valence-electron chi connectivity index (χ1n) is 9.26. The summed E-state index contributed by atoms with van der Waals surface area (Å²) in [6, 6.07) is 5.26. The van der Waals surface area contributed by atoms with Crippen molar-refractivity contribution in [2.24, 2.45) is 5.92 Å². The van der Waals surface area contributed by atoms with Gasteiger partial charge in [-0.25, -0.2) is 4.79 Å². The fourth-order valence-corrected chi connectivity index (χ4v) is 3.07. The van der Waals surface area contributed by atoms with Crippen molar-refractivity contribution in [3.05, 3.63) is 28.8 Å². The van der Waals surface area contributed by atoms with Crippen LogP contribution in [-0.2, 0) is 19.1 Å². The predicted octanol–water partition coefficient (Wildman–Crippen LogP) is 3.78. The summed E-state index contributed by atoms with van der Waals surface area (Å²) in [5.41, 5.74) is 0.895. The molecule has 2 amide bonds. The molecule has 0 atom stereocenters. The van der Waals surface area contributed by atoms with Crippen LogP contribution >= 0.6 is 11.6 Å². The smallest absolute Gasteiger partial charge is 0.410 e. The number of ether oxygens (including phenoxy) is 2. The lowest BCUT2D eigenvalue weighted by atomic mass is 9.97. The second-order valence-corrected chi connectivity index (χ2v) is 8.29. The largest absolute Gasteiger partial charge is 0.455 e. The lowest BCUT2D eigenvalue weighted by Gasteiger charge is -2.32. The Morgan fingerprint density at radius 2 is 1.86 bits per heavy atom. The molecule has 28 heavy (non-hydrogen) atoms. The minimum Gasteiger partial charge on any atom is -0.455 e. The Bertz CT molecular complexity index is 737. The van der Waals surface area contributed by atoms with E-state index in [1.54, 1.807) is 17.0 Å². The molecule has 1 aromatic carbocycles. The normalized spacial score (nSPS) is 15.1. The summed E-state index contributed by atoms with van der Waals surface area (Å²) in [7, 11) is 0. The van der Waals surface area contributed by atoms with Gasteiger partial charge in [-0.05, 0) is 58.2 Å². The highest BCUT2D eigenvalue weighted by molar-refractivity contribution is 6.33. The summed E-state index contributed by atoms with van der Waals surface area (Å²) in [4.78, 5) is 37.8. The maximum Gasteiger partial charge on any atom is 0.410 e. The van der Waals surface area contributed by atoms with Crippen molar-refractivity contribution < 1.29 is 23.9 Å². The fourth-order valence-electron chi connectivity index (χ4n) is 2.79. The van der Waals surface area contributed by atoms with Gasteiger partial charge in [0, 0.05) is 13.1 Å². The van der Waals surface area contributed by atoms with Crippen LogP contribution in [0.15, 0.2) is 18.2 Å². The highest BCUT2D eigenvalue weighted by atomic mass is 35.5. The van der Waals surface area contributed by atoms with Crippen LogP contribution in [0.3, 0.4) is 0 Å². The van der Waals surface area contributed by atoms with Crippen molar-refractivity contribution in [2.75, 3.05) is 25.0 Å². The number of carbonyl (C=O) groups is 3. The van der Waals surface area contributed by atoms with E-state index in [-0.39, 0.29) is 18.6 Å². The molecule has 1 N–H and O–H groups in total. The minimum atomic E-state index is -0.555. The molecular formula is C20H27ClN2O5. The lowest BCUT2D eigenvalue weighted by Crippen LogP contribution is -2.43. The number of benzene rings is 1. The Hall–Kier alpha value is -2.28. The van der Waals surface area contributed by atoms with E-state index in [2.05, 4.69) is 5.32 Å². The number of esters is 1. The number of halogens is 1. The molecule has 0 aromatic heterocycles. The number of hydrogen-bond acceptors (Lipinski definition) is 5. The molecule has 0 radical (unpaired) electrons. The van der Waals surface area contributed by atoms with Gasteiger partial charge < -0.3 is 19.7 Å². The number of nitrogens with zero attached hydrogens (tertiary/aromatic N) is 1. The van der Waals surface area contributed by atoms with E-state index in [1.807, 2.05) is 33.8 Å². The van der Waals surface area contributed by atoms with Crippen LogP contribution in [0.5, 0.6) is 0 Å². The van der Waals surface area contributed by atoms with Crippen LogP contribution in [0.2, 0.25) is 5.02 Å². The van der Waals surface area contributed by atoms with Gasteiger partial charge in [-0.3, -0.25) is 9.59 Å². The zero-order valence-corrected chi connectivity index (χ0v) is 17.5. The number of nitrogens with one attached hydrogen (secondary N) is 1. The summed E-state index contributed by atoms with van der Waals surface area (Å²) < 4.78 is 10.5. The highest BCUT2D eigenvalue weighted by Crippen LogP contribution is 2.23. The molecule has 1 aliphatic rings. The molecule has 7 nitrogen and oxygen atoms in total. The number of carbonyl (C=O) groups excluding carboxylic acids is 3. The highest BCUT2D eigenvalue weighted by Gasteiger charge is 2.30. The van der Waals surface area contributed by atoms with Crippen LogP contribution in [-0.4, -0.2) is 48.2 Å². The van der Waals surface area contributed by atoms with E-state index in [9.17, 15) is 14.4 Å². The van der Waals surface area contributed by atoms with Crippen molar-refractivity contribution >= 4 is 35.3 Å². The van der Waals surface area contributed by atoms with Crippen molar-refractivity contribution in [3.8, 4) is 0 Å².